The number of hydrogen-bond donors (Lipinski definition) is 2. The van der Waals surface area contributed by atoms with Crippen LogP contribution in [0.25, 0.3) is 22.5 Å². The van der Waals surface area contributed by atoms with Crippen LogP contribution in [0, 0.1) is 3.57 Å². The Hall–Kier alpha value is -5.76. The van der Waals surface area contributed by atoms with E-state index in [-0.39, 0.29) is 48.9 Å². The minimum atomic E-state index is -0.572. The van der Waals surface area contributed by atoms with E-state index in [4.69, 9.17) is 24.2 Å². The lowest BCUT2D eigenvalue weighted by Crippen LogP contribution is -2.38. The first-order chi connectivity index (χ1) is 33.2. The predicted octanol–water partition coefficient (Wildman–Crippen LogP) is 11.1. The van der Waals surface area contributed by atoms with E-state index in [0.717, 1.165) is 45.3 Å². The zero-order chi connectivity index (χ0) is 51.4. The molecule has 2 N–H and O–H groups in total. The van der Waals surface area contributed by atoms with Gasteiger partial charge in [0.05, 0.1) is 44.5 Å². The van der Waals surface area contributed by atoms with Crippen LogP contribution in [0.5, 0.6) is 0 Å². The first kappa shape index (κ1) is 56.8. The molecule has 0 spiro atoms. The number of ether oxygens (including phenoxy) is 4. The highest BCUT2D eigenvalue weighted by atomic mass is 127. The summed E-state index contributed by atoms with van der Waals surface area (Å²) in [4.78, 5) is 56.5. The van der Waals surface area contributed by atoms with Crippen molar-refractivity contribution in [3.05, 3.63) is 153 Å². The molecular formula is C54H66I2N6O8. The average Bonchev–Trinajstić information content (AvgIpc) is 3.94. The van der Waals surface area contributed by atoms with E-state index in [9.17, 15) is 19.2 Å². The number of hydrogen-bond acceptors (Lipinski definition) is 10. The average molecular weight is 1180 g/mol. The van der Waals surface area contributed by atoms with Gasteiger partial charge in [-0.25, -0.2) is 19.6 Å². The van der Waals surface area contributed by atoms with Crippen LogP contribution in [-0.4, -0.2) is 74.0 Å². The van der Waals surface area contributed by atoms with Crippen molar-refractivity contribution < 1.29 is 38.1 Å². The fourth-order valence-electron chi connectivity index (χ4n) is 7.07. The maximum Gasteiger partial charge on any atom is 0.407 e. The van der Waals surface area contributed by atoms with Gasteiger partial charge in [0.25, 0.3) is 0 Å². The van der Waals surface area contributed by atoms with Gasteiger partial charge in [0.2, 0.25) is 0 Å². The largest absolute Gasteiger partial charge is 0.469 e. The van der Waals surface area contributed by atoms with Crippen molar-refractivity contribution in [2.24, 2.45) is 14.1 Å². The number of methoxy groups -OCH3 is 2. The lowest BCUT2D eigenvalue weighted by molar-refractivity contribution is -0.142. The molecule has 0 aliphatic heterocycles. The molecule has 0 fully saturated rings. The number of aromatic nitrogens is 4. The number of alkyl halides is 1. The molecule has 2 aromatic heterocycles. The van der Waals surface area contributed by atoms with Crippen molar-refractivity contribution in [1.29, 1.82) is 0 Å². The number of esters is 2. The van der Waals surface area contributed by atoms with Crippen LogP contribution < -0.4 is 10.6 Å². The summed E-state index contributed by atoms with van der Waals surface area (Å²) in [6, 6.07) is 34.5. The Kier molecular flexibility index (Phi) is 22.4. The number of nitrogens with zero attached hydrogens (tertiary/aromatic N) is 4. The van der Waals surface area contributed by atoms with Crippen LogP contribution in [0.1, 0.15) is 82.7 Å². The third-order valence-corrected chi connectivity index (χ3v) is 12.3. The van der Waals surface area contributed by atoms with Crippen LogP contribution in [0.4, 0.5) is 9.59 Å². The van der Waals surface area contributed by atoms with Crippen LogP contribution in [0.2, 0.25) is 0 Å². The highest BCUT2D eigenvalue weighted by Gasteiger charge is 2.23. The third-order valence-electron chi connectivity index (χ3n) is 10.5. The standard InChI is InChI=1S/C27H33N3O4.C14H17IN2.C13H16INO4/c1-27(2,3)25-29-23(17-30(25)4)21-13-11-19(12-14-21)15-22(16-24(31)33-5)28-26(32)34-18-20-9-7-6-8-10-20;1-14(2,3)13-16-12(9-17(13)4)10-5-7-11(15)8-6-10;1-18-12(16)7-11(8-14)15-13(17)19-9-10-5-3-2-4-6-10/h6-14,17,22H,15-16,18H2,1-5H3,(H,28,32);5-9H,1-4H3;2-6,11H,7-9H2,1H3,(H,15,17)/t22-;;11-/m0.0/s1. The Bertz CT molecular complexity index is 2570. The molecule has 2 heterocycles. The van der Waals surface area contributed by atoms with Crippen molar-refractivity contribution in [3.63, 3.8) is 0 Å². The third kappa shape index (κ3) is 19.2. The molecule has 14 nitrogen and oxygen atoms in total. The van der Waals surface area contributed by atoms with Gasteiger partial charge >= 0.3 is 24.1 Å². The number of nitrogens with one attached hydrogen (secondary N) is 2. The number of rotatable bonds is 15. The zero-order valence-corrected chi connectivity index (χ0v) is 46.1. The first-order valence-corrected chi connectivity index (χ1v) is 25.4. The van der Waals surface area contributed by atoms with Crippen LogP contribution in [-0.2, 0) is 73.1 Å². The van der Waals surface area contributed by atoms with Gasteiger partial charge in [-0.2, -0.15) is 0 Å². The topological polar surface area (TPSA) is 165 Å². The molecule has 16 heteroatoms. The molecule has 0 radical (unpaired) electrons. The summed E-state index contributed by atoms with van der Waals surface area (Å²) in [6.45, 7) is 13.4. The predicted molar refractivity (Wildman–Crippen MR) is 290 cm³/mol. The van der Waals surface area contributed by atoms with E-state index in [1.54, 1.807) is 0 Å². The molecule has 2 atom stereocenters. The summed E-state index contributed by atoms with van der Waals surface area (Å²) in [5.74, 6) is 1.38. The number of imidazole rings is 2. The SMILES string of the molecule is COC(=O)C[C@@H](CI)NC(=O)OCc1ccccc1.COC(=O)C[C@H](Cc1ccc(-c2cn(C)c(C(C)(C)C)n2)cc1)NC(=O)OCc1ccccc1.Cn1cc(-c2ccc(I)cc2)nc1C(C)(C)C. The number of carbonyl (C=O) groups is 4. The molecule has 0 saturated carbocycles. The molecular weight excluding hydrogens is 1110 g/mol. The van der Waals surface area contributed by atoms with Crippen LogP contribution >= 0.6 is 45.2 Å². The van der Waals surface area contributed by atoms with Gasteiger partial charge in [0.1, 0.15) is 24.9 Å². The van der Waals surface area contributed by atoms with Crippen molar-refractivity contribution in [2.75, 3.05) is 18.6 Å². The second kappa shape index (κ2) is 27.6. The smallest absolute Gasteiger partial charge is 0.407 e. The molecule has 0 unspecified atom stereocenters. The van der Waals surface area contributed by atoms with Gasteiger partial charge in [-0.05, 0) is 57.8 Å². The summed E-state index contributed by atoms with van der Waals surface area (Å²) in [7, 11) is 6.72. The van der Waals surface area contributed by atoms with Gasteiger partial charge in [0.15, 0.2) is 0 Å². The van der Waals surface area contributed by atoms with Crippen molar-refractivity contribution in [1.82, 2.24) is 29.7 Å². The van der Waals surface area contributed by atoms with Crippen LogP contribution in [0.15, 0.2) is 122 Å². The van der Waals surface area contributed by atoms with Crippen molar-refractivity contribution >= 4 is 69.3 Å². The Labute approximate surface area is 439 Å². The first-order valence-electron chi connectivity index (χ1n) is 22.8. The number of carbonyl (C=O) groups excluding carboxylic acids is 4. The van der Waals surface area contributed by atoms with E-state index in [1.807, 2.05) is 98.2 Å². The second-order valence-corrected chi connectivity index (χ2v) is 20.7. The number of halogens is 2. The molecule has 6 rings (SSSR count). The van der Waals surface area contributed by atoms with Crippen molar-refractivity contribution in [3.8, 4) is 22.5 Å². The van der Waals surface area contributed by atoms with Gasteiger partial charge in [-0.15, -0.1) is 0 Å². The lowest BCUT2D eigenvalue weighted by atomic mass is 9.96. The number of aryl methyl sites for hydroxylation is 2. The lowest BCUT2D eigenvalue weighted by Gasteiger charge is -2.18. The summed E-state index contributed by atoms with van der Waals surface area (Å²) in [6.07, 6.45) is 3.67. The summed E-state index contributed by atoms with van der Waals surface area (Å²) in [5.41, 5.74) is 6.96. The molecule has 6 aromatic rings. The van der Waals surface area contributed by atoms with Gasteiger partial charge in [-0.1, -0.05) is 161 Å². The normalized spacial score (nSPS) is 11.9. The Morgan fingerprint density at radius 1 is 0.571 bits per heavy atom. The Morgan fingerprint density at radius 3 is 1.33 bits per heavy atom. The minimum Gasteiger partial charge on any atom is -0.469 e. The molecule has 70 heavy (non-hydrogen) atoms. The van der Waals surface area contributed by atoms with Gasteiger partial charge in [0, 0.05) is 62.5 Å². The van der Waals surface area contributed by atoms with E-state index in [0.29, 0.717) is 10.8 Å². The van der Waals surface area contributed by atoms with Crippen LogP contribution in [0.3, 0.4) is 0 Å². The molecule has 4 aromatic carbocycles. The minimum absolute atomic E-state index is 0.0468. The summed E-state index contributed by atoms with van der Waals surface area (Å²) in [5, 5.41) is 5.43. The molecule has 0 saturated heterocycles. The van der Waals surface area contributed by atoms with Gasteiger partial charge in [-0.3, -0.25) is 9.59 Å². The molecule has 374 valence electrons. The molecule has 2 amide bonds. The number of amides is 2. The maximum absolute atomic E-state index is 12.3. The monoisotopic (exact) mass is 1180 g/mol. The fourth-order valence-corrected chi connectivity index (χ4v) is 7.96. The Morgan fingerprint density at radius 2 is 0.957 bits per heavy atom. The Balaban J connectivity index is 0.000000250. The fraction of sp³-hybridized carbons (Fsp3) is 0.370. The summed E-state index contributed by atoms with van der Waals surface area (Å²) < 4.78 is 25.8. The number of alkyl carbamates (subject to hydrolysis) is 2. The quantitative estimate of drug-likeness (QED) is 0.0438. The maximum atomic E-state index is 12.3. The molecule has 0 aliphatic carbocycles. The van der Waals surface area contributed by atoms with E-state index >= 15 is 0 Å². The van der Waals surface area contributed by atoms with E-state index in [1.165, 1.54) is 23.4 Å². The molecule has 0 bridgehead atoms. The van der Waals surface area contributed by atoms with Crippen molar-refractivity contribution in [2.45, 2.75) is 96.9 Å². The second-order valence-electron chi connectivity index (χ2n) is 18.6. The highest BCUT2D eigenvalue weighted by molar-refractivity contribution is 14.1. The summed E-state index contributed by atoms with van der Waals surface area (Å²) >= 11 is 4.41. The van der Waals surface area contributed by atoms with E-state index in [2.05, 4.69) is 149 Å². The highest BCUT2D eigenvalue weighted by Crippen LogP contribution is 2.27. The number of benzene rings is 4. The zero-order valence-electron chi connectivity index (χ0n) is 41.8. The van der Waals surface area contributed by atoms with E-state index < -0.39 is 24.2 Å². The van der Waals surface area contributed by atoms with Gasteiger partial charge < -0.3 is 38.7 Å². The molecule has 0 aliphatic rings.